The Balaban J connectivity index is 1.43. The lowest BCUT2D eigenvalue weighted by molar-refractivity contribution is -0.121. The van der Waals surface area contributed by atoms with E-state index in [1.54, 1.807) is 10.9 Å². The molecule has 7 heteroatoms. The van der Waals surface area contributed by atoms with Crippen molar-refractivity contribution < 1.29 is 9.59 Å². The van der Waals surface area contributed by atoms with E-state index in [0.717, 1.165) is 33.8 Å². The van der Waals surface area contributed by atoms with Crippen LogP contribution in [0, 0.1) is 6.92 Å². The number of aryl methyl sites for hydroxylation is 1. The highest BCUT2D eigenvalue weighted by Crippen LogP contribution is 2.33. The molecule has 0 bridgehead atoms. The fraction of sp³-hybridized carbons (Fsp3) is 0.259. The van der Waals surface area contributed by atoms with Gasteiger partial charge in [0.15, 0.2) is 0 Å². The number of aromatic nitrogens is 4. The molecule has 1 aliphatic carbocycles. The third-order valence-electron chi connectivity index (χ3n) is 6.51. The summed E-state index contributed by atoms with van der Waals surface area (Å²) >= 11 is 0. The molecular weight excluding hydrogens is 426 g/mol. The van der Waals surface area contributed by atoms with E-state index in [1.165, 1.54) is 0 Å². The maximum Gasteiger partial charge on any atom is 0.226 e. The molecule has 2 aromatic heterocycles. The van der Waals surface area contributed by atoms with E-state index in [-0.39, 0.29) is 30.1 Å². The van der Waals surface area contributed by atoms with Gasteiger partial charge in [0.05, 0.1) is 29.7 Å². The fourth-order valence-electron chi connectivity index (χ4n) is 4.81. The molecule has 2 atom stereocenters. The Hall–Kier alpha value is -4.00. The van der Waals surface area contributed by atoms with Crippen molar-refractivity contribution in [3.8, 4) is 16.9 Å². The van der Waals surface area contributed by atoms with E-state index in [1.807, 2.05) is 85.5 Å². The molecule has 1 fully saturated rings. The van der Waals surface area contributed by atoms with Crippen molar-refractivity contribution in [2.24, 2.45) is 7.05 Å². The van der Waals surface area contributed by atoms with Gasteiger partial charge in [0, 0.05) is 43.6 Å². The first-order chi connectivity index (χ1) is 16.5. The zero-order chi connectivity index (χ0) is 23.7. The van der Waals surface area contributed by atoms with Crippen LogP contribution < -0.4 is 5.32 Å². The van der Waals surface area contributed by atoms with Crippen LogP contribution in [0.15, 0.2) is 73.1 Å². The molecule has 4 aromatic rings. The number of hydrogen-bond acceptors (Lipinski definition) is 4. The summed E-state index contributed by atoms with van der Waals surface area (Å²) < 4.78 is 3.58. The number of Topliss-reactive ketones (excluding diaryl/α,β-unsaturated/α-hetero) is 1. The summed E-state index contributed by atoms with van der Waals surface area (Å²) in [5.74, 6) is 0.0748. The predicted octanol–water partition coefficient (Wildman–Crippen LogP) is 3.76. The van der Waals surface area contributed by atoms with Gasteiger partial charge in [-0.2, -0.15) is 10.2 Å². The van der Waals surface area contributed by atoms with Gasteiger partial charge >= 0.3 is 0 Å². The molecule has 0 spiro atoms. The van der Waals surface area contributed by atoms with Gasteiger partial charge in [-0.15, -0.1) is 0 Å². The minimum Gasteiger partial charge on any atom is -0.352 e. The van der Waals surface area contributed by atoms with Gasteiger partial charge in [-0.05, 0) is 30.2 Å². The van der Waals surface area contributed by atoms with Crippen LogP contribution in [0.2, 0.25) is 0 Å². The zero-order valence-electron chi connectivity index (χ0n) is 19.3. The maximum absolute atomic E-state index is 13.3. The van der Waals surface area contributed by atoms with Crippen molar-refractivity contribution in [1.82, 2.24) is 24.9 Å². The van der Waals surface area contributed by atoms with Crippen LogP contribution in [-0.2, 0) is 23.1 Å². The van der Waals surface area contributed by atoms with Gasteiger partial charge in [-0.25, -0.2) is 4.68 Å². The highest BCUT2D eigenvalue weighted by Gasteiger charge is 2.35. The Labute approximate surface area is 198 Å². The molecule has 172 valence electrons. The molecule has 34 heavy (non-hydrogen) atoms. The molecule has 7 nitrogen and oxygen atoms in total. The van der Waals surface area contributed by atoms with Crippen molar-refractivity contribution in [3.63, 3.8) is 0 Å². The van der Waals surface area contributed by atoms with Crippen LogP contribution in [0.25, 0.3) is 16.9 Å². The van der Waals surface area contributed by atoms with E-state index in [4.69, 9.17) is 5.10 Å². The fourth-order valence-corrected chi connectivity index (χ4v) is 4.81. The molecule has 0 unspecified atom stereocenters. The summed E-state index contributed by atoms with van der Waals surface area (Å²) in [5, 5.41) is 12.3. The number of para-hydroxylation sites is 1. The van der Waals surface area contributed by atoms with Gasteiger partial charge in [0.2, 0.25) is 5.91 Å². The first-order valence-corrected chi connectivity index (χ1v) is 11.5. The van der Waals surface area contributed by atoms with Crippen molar-refractivity contribution in [2.45, 2.75) is 38.1 Å². The second-order valence-corrected chi connectivity index (χ2v) is 8.89. The van der Waals surface area contributed by atoms with Crippen LogP contribution in [0.3, 0.4) is 0 Å². The van der Waals surface area contributed by atoms with Gasteiger partial charge in [0.1, 0.15) is 5.78 Å². The predicted molar refractivity (Wildman–Crippen MR) is 130 cm³/mol. The lowest BCUT2D eigenvalue weighted by atomic mass is 9.94. The van der Waals surface area contributed by atoms with Crippen LogP contribution in [-0.4, -0.2) is 37.3 Å². The van der Waals surface area contributed by atoms with E-state index < -0.39 is 0 Å². The normalized spacial score (nSPS) is 17.8. The number of benzene rings is 2. The molecule has 1 saturated carbocycles. The summed E-state index contributed by atoms with van der Waals surface area (Å²) in [7, 11) is 1.87. The Bertz CT molecular complexity index is 1320. The summed E-state index contributed by atoms with van der Waals surface area (Å²) in [6.45, 7) is 1.99. The van der Waals surface area contributed by atoms with Gasteiger partial charge in [-0.3, -0.25) is 14.3 Å². The maximum atomic E-state index is 13.3. The van der Waals surface area contributed by atoms with Crippen molar-refractivity contribution in [3.05, 3.63) is 89.9 Å². The quantitative estimate of drug-likeness (QED) is 0.482. The molecule has 1 amide bonds. The van der Waals surface area contributed by atoms with Gasteiger partial charge < -0.3 is 5.32 Å². The number of nitrogens with zero attached hydrogens (tertiary/aromatic N) is 4. The average molecular weight is 454 g/mol. The molecule has 0 saturated heterocycles. The molecule has 0 aliphatic heterocycles. The Morgan fingerprint density at radius 2 is 1.76 bits per heavy atom. The number of ketones is 1. The van der Waals surface area contributed by atoms with Crippen molar-refractivity contribution in [2.75, 3.05) is 0 Å². The molecular formula is C27H27N5O2. The van der Waals surface area contributed by atoms with Crippen molar-refractivity contribution >= 4 is 11.7 Å². The number of hydrogen-bond donors (Lipinski definition) is 1. The van der Waals surface area contributed by atoms with Gasteiger partial charge in [-0.1, -0.05) is 48.5 Å². The third kappa shape index (κ3) is 4.29. The highest BCUT2D eigenvalue weighted by molar-refractivity contribution is 5.86. The van der Waals surface area contributed by atoms with Crippen LogP contribution in [0.4, 0.5) is 0 Å². The SMILES string of the molecule is Cc1c(-c2cnn(C)c2)nn(-c2ccccc2)c1CC(=O)N[C@@H]1CC(=O)C[C@H]1c1ccccc1. The summed E-state index contributed by atoms with van der Waals surface area (Å²) in [4.78, 5) is 25.5. The minimum atomic E-state index is -0.200. The molecule has 1 aliphatic rings. The minimum absolute atomic E-state index is 0.00346. The van der Waals surface area contributed by atoms with E-state index in [2.05, 4.69) is 10.4 Å². The molecule has 0 radical (unpaired) electrons. The monoisotopic (exact) mass is 453 g/mol. The third-order valence-corrected chi connectivity index (χ3v) is 6.51. The lowest BCUT2D eigenvalue weighted by Crippen LogP contribution is -2.38. The second-order valence-electron chi connectivity index (χ2n) is 8.89. The number of rotatable bonds is 6. The average Bonchev–Trinajstić information content (AvgIpc) is 3.52. The van der Waals surface area contributed by atoms with Crippen LogP contribution >= 0.6 is 0 Å². The zero-order valence-corrected chi connectivity index (χ0v) is 19.3. The largest absolute Gasteiger partial charge is 0.352 e. The number of amides is 1. The first kappa shape index (κ1) is 21.8. The standard InChI is InChI=1S/C27H27N5O2/c1-18-25(15-26(34)29-24-14-22(33)13-23(24)19-9-5-3-6-10-19)32(21-11-7-4-8-12-21)30-27(18)20-16-28-31(2)17-20/h3-12,16-17,23-24H,13-15H2,1-2H3,(H,29,34)/t23-,24+/m0/s1. The van der Waals surface area contributed by atoms with Crippen LogP contribution in [0.5, 0.6) is 0 Å². The molecule has 2 heterocycles. The first-order valence-electron chi connectivity index (χ1n) is 11.5. The second kappa shape index (κ2) is 9.09. The number of carbonyl (C=O) groups excluding carboxylic acids is 2. The van der Waals surface area contributed by atoms with Gasteiger partial charge in [0.25, 0.3) is 0 Å². The van der Waals surface area contributed by atoms with Crippen LogP contribution in [0.1, 0.15) is 35.6 Å². The number of carbonyl (C=O) groups is 2. The van der Waals surface area contributed by atoms with E-state index in [9.17, 15) is 9.59 Å². The van der Waals surface area contributed by atoms with E-state index >= 15 is 0 Å². The van der Waals surface area contributed by atoms with E-state index in [0.29, 0.717) is 12.8 Å². The number of nitrogens with one attached hydrogen (secondary N) is 1. The lowest BCUT2D eigenvalue weighted by Gasteiger charge is -2.21. The molecule has 5 rings (SSSR count). The molecule has 2 aromatic carbocycles. The summed E-state index contributed by atoms with van der Waals surface area (Å²) in [5.41, 5.74) is 5.45. The highest BCUT2D eigenvalue weighted by atomic mass is 16.2. The summed E-state index contributed by atoms with van der Waals surface area (Å²) in [6.07, 6.45) is 4.69. The summed E-state index contributed by atoms with van der Waals surface area (Å²) in [6, 6.07) is 19.6. The Kier molecular flexibility index (Phi) is 5.84. The van der Waals surface area contributed by atoms with Crippen molar-refractivity contribution in [1.29, 1.82) is 0 Å². The Morgan fingerprint density at radius 1 is 1.06 bits per heavy atom. The molecule has 1 N–H and O–H groups in total. The Morgan fingerprint density at radius 3 is 2.44 bits per heavy atom. The topological polar surface area (TPSA) is 81.8 Å². The smallest absolute Gasteiger partial charge is 0.226 e.